The van der Waals surface area contributed by atoms with Crippen molar-refractivity contribution in [3.05, 3.63) is 68.7 Å². The summed E-state index contributed by atoms with van der Waals surface area (Å²) in [4.78, 5) is 24.1. The van der Waals surface area contributed by atoms with E-state index in [2.05, 4.69) is 11.7 Å². The van der Waals surface area contributed by atoms with Crippen LogP contribution >= 0.6 is 34.8 Å². The molecule has 26 heavy (non-hydrogen) atoms. The second-order valence-electron chi connectivity index (χ2n) is 4.85. The van der Waals surface area contributed by atoms with Gasteiger partial charge in [0.2, 0.25) is 0 Å². The number of halogens is 6. The molecule has 0 aliphatic heterocycles. The van der Waals surface area contributed by atoms with Crippen LogP contribution in [0, 0.1) is 0 Å². The highest BCUT2D eigenvalue weighted by Gasteiger charge is 2.33. The van der Waals surface area contributed by atoms with Crippen LogP contribution in [0.5, 0.6) is 0 Å². The Bertz CT molecular complexity index is 810. The number of rotatable bonds is 4. The van der Waals surface area contributed by atoms with Gasteiger partial charge in [0.25, 0.3) is 5.24 Å². The molecule has 0 bridgehead atoms. The maximum absolute atomic E-state index is 12.9. The Kier molecular flexibility index (Phi) is 8.05. The molecule has 0 spiro atoms. The van der Waals surface area contributed by atoms with Gasteiger partial charge in [0.15, 0.2) is 5.78 Å². The van der Waals surface area contributed by atoms with Crippen LogP contribution in [0.25, 0.3) is 0 Å². The summed E-state index contributed by atoms with van der Waals surface area (Å²) < 4.78 is 38.7. The van der Waals surface area contributed by atoms with Crippen LogP contribution in [-0.2, 0) is 6.42 Å². The van der Waals surface area contributed by atoms with Gasteiger partial charge in [-0.2, -0.15) is 13.2 Å². The molecule has 0 unspecified atom stereocenters. The van der Waals surface area contributed by atoms with E-state index in [1.807, 2.05) is 0 Å². The highest BCUT2D eigenvalue weighted by atomic mass is 35.5. The first-order valence-corrected chi connectivity index (χ1v) is 7.95. The van der Waals surface area contributed by atoms with Crippen LogP contribution < -0.4 is 11.7 Å². The van der Waals surface area contributed by atoms with Crippen LogP contribution in [0.15, 0.2) is 36.4 Å². The Morgan fingerprint density at radius 2 is 1.50 bits per heavy atom. The van der Waals surface area contributed by atoms with Gasteiger partial charge in [-0.25, -0.2) is 0 Å². The van der Waals surface area contributed by atoms with Crippen LogP contribution in [0.4, 0.5) is 13.2 Å². The van der Waals surface area contributed by atoms with Crippen molar-refractivity contribution >= 4 is 45.8 Å². The molecule has 0 atom stereocenters. The molecule has 140 valence electrons. The molecular weight excluding hydrogens is 416 g/mol. The smallest absolute Gasteiger partial charge is 0.289 e. The third-order valence-corrected chi connectivity index (χ3v) is 3.96. The van der Waals surface area contributed by atoms with Gasteiger partial charge in [0, 0.05) is 21.7 Å². The van der Waals surface area contributed by atoms with Gasteiger partial charge in [-0.3, -0.25) is 21.3 Å². The van der Waals surface area contributed by atoms with Crippen molar-refractivity contribution in [3.63, 3.8) is 0 Å². The molecule has 0 heterocycles. The Balaban J connectivity index is 0.00000163. The van der Waals surface area contributed by atoms with Gasteiger partial charge in [-0.15, -0.1) is 0 Å². The molecule has 2 rings (SSSR count). The van der Waals surface area contributed by atoms with Crippen LogP contribution in [0.2, 0.25) is 10.0 Å². The molecule has 4 nitrogen and oxygen atoms in total. The number of hydrazine groups is 1. The second-order valence-corrected chi connectivity index (χ2v) is 6.04. The van der Waals surface area contributed by atoms with E-state index in [1.54, 1.807) is 0 Å². The van der Waals surface area contributed by atoms with Gasteiger partial charge in [-0.1, -0.05) is 23.2 Å². The number of ketones is 1. The zero-order valence-corrected chi connectivity index (χ0v) is 15.2. The third kappa shape index (κ3) is 5.69. The van der Waals surface area contributed by atoms with Gasteiger partial charge < -0.3 is 0 Å². The Labute approximate surface area is 161 Å². The van der Waals surface area contributed by atoms with Gasteiger partial charge >= 0.3 is 6.18 Å². The van der Waals surface area contributed by atoms with E-state index in [9.17, 15) is 22.8 Å². The summed E-state index contributed by atoms with van der Waals surface area (Å²) in [7, 11) is 0. The number of hydrogen-bond acceptors (Lipinski definition) is 4. The number of benzene rings is 2. The zero-order valence-electron chi connectivity index (χ0n) is 12.9. The average molecular weight is 428 g/mol. The molecule has 2 aromatic carbocycles. The lowest BCUT2D eigenvalue weighted by Crippen LogP contribution is -2.18. The third-order valence-electron chi connectivity index (χ3n) is 3.18. The van der Waals surface area contributed by atoms with Crippen LogP contribution in [0.3, 0.4) is 0 Å². The summed E-state index contributed by atoms with van der Waals surface area (Å²) in [5.41, 5.74) is -1.27. The first-order chi connectivity index (χ1) is 12.1. The normalized spacial score (nSPS) is 10.8. The molecule has 0 saturated carbocycles. The fraction of sp³-hybridized carbons (Fsp3) is 0.125. The fourth-order valence-electron chi connectivity index (χ4n) is 2.18. The van der Waals surface area contributed by atoms with E-state index >= 15 is 0 Å². The van der Waals surface area contributed by atoms with Crippen molar-refractivity contribution in [1.82, 2.24) is 0 Å². The molecule has 0 aromatic heterocycles. The number of nitrogens with two attached hydrogens (primary N) is 2. The highest BCUT2D eigenvalue weighted by Crippen LogP contribution is 2.32. The van der Waals surface area contributed by atoms with E-state index in [4.69, 9.17) is 34.8 Å². The van der Waals surface area contributed by atoms with Crippen LogP contribution in [0.1, 0.15) is 31.8 Å². The predicted molar refractivity (Wildman–Crippen MR) is 94.7 cm³/mol. The highest BCUT2D eigenvalue weighted by molar-refractivity contribution is 6.68. The predicted octanol–water partition coefficient (Wildman–Crippen LogP) is 4.53. The quantitative estimate of drug-likeness (QED) is 0.325. The van der Waals surface area contributed by atoms with Gasteiger partial charge in [0.05, 0.1) is 11.4 Å². The van der Waals surface area contributed by atoms with Crippen molar-refractivity contribution in [2.24, 2.45) is 11.7 Å². The first-order valence-electron chi connectivity index (χ1n) is 6.81. The summed E-state index contributed by atoms with van der Waals surface area (Å²) in [5, 5.41) is -0.940. The molecule has 0 fully saturated rings. The minimum Gasteiger partial charge on any atom is -0.289 e. The SMILES string of the molecule is NN.O=C(Cl)c1ccc(Cl)c(C(=O)c2ccc(Cl)cc2)c1CC(F)(F)F. The molecule has 0 radical (unpaired) electrons. The monoisotopic (exact) mass is 426 g/mol. The number of carbonyl (C=O) groups is 2. The second kappa shape index (κ2) is 9.34. The fourth-order valence-corrected chi connectivity index (χ4v) is 2.74. The summed E-state index contributed by atoms with van der Waals surface area (Å²) in [6, 6.07) is 7.78. The molecule has 4 N–H and O–H groups in total. The van der Waals surface area contributed by atoms with Crippen molar-refractivity contribution in [1.29, 1.82) is 0 Å². The molecular formula is C16H12Cl3F3N2O2. The number of carbonyl (C=O) groups excluding carboxylic acids is 2. The lowest BCUT2D eigenvalue weighted by Gasteiger charge is -2.15. The Morgan fingerprint density at radius 1 is 0.962 bits per heavy atom. The largest absolute Gasteiger partial charge is 0.393 e. The van der Waals surface area contributed by atoms with E-state index in [-0.39, 0.29) is 10.6 Å². The summed E-state index contributed by atoms with van der Waals surface area (Å²) in [6.45, 7) is 0. The summed E-state index contributed by atoms with van der Waals surface area (Å²) >= 11 is 17.0. The van der Waals surface area contributed by atoms with E-state index < -0.39 is 40.3 Å². The number of hydrogen-bond donors (Lipinski definition) is 2. The molecule has 0 amide bonds. The van der Waals surface area contributed by atoms with Gasteiger partial charge in [0.1, 0.15) is 0 Å². The average Bonchev–Trinajstić information content (AvgIpc) is 2.55. The molecule has 2 aromatic rings. The Hall–Kier alpha value is -1.64. The van der Waals surface area contributed by atoms with Crippen molar-refractivity contribution in [2.45, 2.75) is 12.6 Å². The lowest BCUT2D eigenvalue weighted by molar-refractivity contribution is -0.127. The lowest BCUT2D eigenvalue weighted by atomic mass is 9.92. The zero-order chi connectivity index (χ0) is 20.1. The first kappa shape index (κ1) is 22.4. The number of alkyl halides is 3. The molecule has 0 aliphatic rings. The van der Waals surface area contributed by atoms with Crippen molar-refractivity contribution in [3.8, 4) is 0 Å². The minimum atomic E-state index is -4.65. The van der Waals surface area contributed by atoms with Crippen molar-refractivity contribution < 1.29 is 22.8 Å². The molecule has 0 saturated heterocycles. The maximum Gasteiger partial charge on any atom is 0.393 e. The summed E-state index contributed by atoms with van der Waals surface area (Å²) in [6.07, 6.45) is -6.16. The van der Waals surface area contributed by atoms with Crippen LogP contribution in [-0.4, -0.2) is 17.2 Å². The van der Waals surface area contributed by atoms with Crippen molar-refractivity contribution in [2.75, 3.05) is 0 Å². The molecule has 10 heteroatoms. The van der Waals surface area contributed by atoms with E-state index in [0.29, 0.717) is 5.02 Å². The maximum atomic E-state index is 12.9. The van der Waals surface area contributed by atoms with E-state index in [1.165, 1.54) is 30.3 Å². The van der Waals surface area contributed by atoms with E-state index in [0.717, 1.165) is 6.07 Å². The summed E-state index contributed by atoms with van der Waals surface area (Å²) in [5.74, 6) is 7.25. The minimum absolute atomic E-state index is 0.0869. The molecule has 0 aliphatic carbocycles. The topological polar surface area (TPSA) is 86.2 Å². The van der Waals surface area contributed by atoms with Gasteiger partial charge in [-0.05, 0) is 53.6 Å². The Morgan fingerprint density at radius 3 is 1.96 bits per heavy atom. The standard InChI is InChI=1S/C16H8Cl3F3O2.H4N2/c17-9-3-1-8(2-4-9)14(23)13-11(7-16(20,21)22)10(15(19)24)5-6-12(13)18;1-2/h1-6H,7H2;1-2H2.